The van der Waals surface area contributed by atoms with Gasteiger partial charge in [-0.2, -0.15) is 0 Å². The Morgan fingerprint density at radius 3 is 2.90 bits per heavy atom. The van der Waals surface area contributed by atoms with Crippen molar-refractivity contribution in [3.63, 3.8) is 0 Å². The molecular weight excluding hydrogens is 271 g/mol. The first-order valence-electron chi connectivity index (χ1n) is 6.77. The molecule has 2 N–H and O–H groups in total. The Kier molecular flexibility index (Phi) is 3.48. The average molecular weight is 286 g/mol. The summed E-state index contributed by atoms with van der Waals surface area (Å²) < 4.78 is 18.8. The third-order valence-corrected chi connectivity index (χ3v) is 3.33. The van der Waals surface area contributed by atoms with Crippen LogP contribution >= 0.6 is 0 Å². The summed E-state index contributed by atoms with van der Waals surface area (Å²) in [5, 5.41) is 5.84. The minimum Gasteiger partial charge on any atom is -0.492 e. The third kappa shape index (κ3) is 2.54. The van der Waals surface area contributed by atoms with E-state index in [4.69, 9.17) is 4.74 Å². The second kappa shape index (κ2) is 5.44. The van der Waals surface area contributed by atoms with Crippen LogP contribution in [0.15, 0.2) is 42.5 Å². The highest BCUT2D eigenvalue weighted by molar-refractivity contribution is 6.04. The van der Waals surface area contributed by atoms with Gasteiger partial charge in [-0.3, -0.25) is 4.79 Å². The number of hydrogen-bond donors (Lipinski definition) is 2. The molecule has 1 amide bonds. The van der Waals surface area contributed by atoms with Crippen molar-refractivity contribution in [2.75, 3.05) is 17.2 Å². The van der Waals surface area contributed by atoms with Gasteiger partial charge in [0, 0.05) is 11.3 Å². The van der Waals surface area contributed by atoms with Crippen LogP contribution in [0.3, 0.4) is 0 Å². The lowest BCUT2D eigenvalue weighted by molar-refractivity contribution is -0.116. The number of fused-ring (bicyclic) bond motifs is 1. The van der Waals surface area contributed by atoms with E-state index in [1.165, 1.54) is 12.1 Å². The van der Waals surface area contributed by atoms with Crippen LogP contribution in [0, 0.1) is 5.82 Å². The van der Waals surface area contributed by atoms with Crippen molar-refractivity contribution in [3.05, 3.63) is 53.8 Å². The van der Waals surface area contributed by atoms with Gasteiger partial charge in [0.2, 0.25) is 0 Å². The second-order valence-electron chi connectivity index (χ2n) is 4.73. The molecule has 0 saturated heterocycles. The van der Waals surface area contributed by atoms with Crippen molar-refractivity contribution in [3.8, 4) is 5.75 Å². The van der Waals surface area contributed by atoms with E-state index < -0.39 is 6.04 Å². The zero-order valence-corrected chi connectivity index (χ0v) is 11.5. The van der Waals surface area contributed by atoms with Crippen LogP contribution in [0.25, 0.3) is 0 Å². The van der Waals surface area contributed by atoms with E-state index >= 15 is 0 Å². The minimum absolute atomic E-state index is 0.207. The molecule has 1 heterocycles. The lowest BCUT2D eigenvalue weighted by Crippen LogP contribution is -2.20. The fraction of sp³-hybridized carbons (Fsp3) is 0.188. The number of anilines is 2. The van der Waals surface area contributed by atoms with E-state index in [0.717, 1.165) is 11.3 Å². The number of rotatable bonds is 4. The maximum absolute atomic E-state index is 13.2. The molecule has 0 aliphatic carbocycles. The molecule has 0 fully saturated rings. The summed E-state index contributed by atoms with van der Waals surface area (Å²) in [5.41, 5.74) is 1.97. The quantitative estimate of drug-likeness (QED) is 0.906. The molecular formula is C16H15FN2O2. The molecule has 0 saturated carbocycles. The Morgan fingerprint density at radius 2 is 2.10 bits per heavy atom. The summed E-state index contributed by atoms with van der Waals surface area (Å²) in [6, 6.07) is 11.2. The number of hydrogen-bond acceptors (Lipinski definition) is 3. The van der Waals surface area contributed by atoms with E-state index in [-0.39, 0.29) is 11.7 Å². The number of benzene rings is 2. The number of amides is 1. The Labute approximate surface area is 121 Å². The Hall–Kier alpha value is -2.56. The highest BCUT2D eigenvalue weighted by atomic mass is 19.1. The second-order valence-corrected chi connectivity index (χ2v) is 4.73. The first kappa shape index (κ1) is 13.4. The van der Waals surface area contributed by atoms with Gasteiger partial charge in [0.1, 0.15) is 17.6 Å². The summed E-state index contributed by atoms with van der Waals surface area (Å²) in [6.45, 7) is 2.44. The zero-order chi connectivity index (χ0) is 14.8. The largest absolute Gasteiger partial charge is 0.492 e. The molecule has 1 aliphatic rings. The van der Waals surface area contributed by atoms with E-state index in [9.17, 15) is 9.18 Å². The van der Waals surface area contributed by atoms with Crippen molar-refractivity contribution >= 4 is 17.3 Å². The van der Waals surface area contributed by atoms with Crippen LogP contribution < -0.4 is 15.4 Å². The number of carbonyl (C=O) groups excluding carboxylic acids is 1. The van der Waals surface area contributed by atoms with Gasteiger partial charge in [-0.25, -0.2) is 4.39 Å². The number of halogens is 1. The van der Waals surface area contributed by atoms with E-state index in [0.29, 0.717) is 18.0 Å². The van der Waals surface area contributed by atoms with Crippen molar-refractivity contribution < 1.29 is 13.9 Å². The molecule has 0 radical (unpaired) electrons. The summed E-state index contributed by atoms with van der Waals surface area (Å²) in [7, 11) is 0. The van der Waals surface area contributed by atoms with Gasteiger partial charge in [0.15, 0.2) is 0 Å². The predicted octanol–water partition coefficient (Wildman–Crippen LogP) is 3.33. The van der Waals surface area contributed by atoms with Crippen molar-refractivity contribution in [1.82, 2.24) is 0 Å². The summed E-state index contributed by atoms with van der Waals surface area (Å²) in [4.78, 5) is 12.1. The van der Waals surface area contributed by atoms with Crippen molar-refractivity contribution in [2.45, 2.75) is 13.0 Å². The van der Waals surface area contributed by atoms with Gasteiger partial charge in [0.05, 0.1) is 12.3 Å². The molecule has 0 aromatic heterocycles. The Balaban J connectivity index is 1.91. The molecule has 4 nitrogen and oxygen atoms in total. The van der Waals surface area contributed by atoms with Gasteiger partial charge in [-0.1, -0.05) is 18.2 Å². The molecule has 0 spiro atoms. The van der Waals surface area contributed by atoms with Crippen molar-refractivity contribution in [1.29, 1.82) is 0 Å². The van der Waals surface area contributed by atoms with Gasteiger partial charge >= 0.3 is 0 Å². The summed E-state index contributed by atoms with van der Waals surface area (Å²) in [6.07, 6.45) is 0. The standard InChI is InChI=1S/C16H15FN2O2/c1-2-21-14-6-4-3-5-12(14)18-15-11-8-7-10(17)9-13(11)19-16(15)20/h3-9,15,18H,2H2,1H3,(H,19,20). The van der Waals surface area contributed by atoms with Crippen LogP contribution in [-0.2, 0) is 4.79 Å². The van der Waals surface area contributed by atoms with Gasteiger partial charge < -0.3 is 15.4 Å². The summed E-state index contributed by atoms with van der Waals surface area (Å²) >= 11 is 0. The molecule has 108 valence electrons. The van der Waals surface area contributed by atoms with Crippen LogP contribution in [0.5, 0.6) is 5.75 Å². The topological polar surface area (TPSA) is 50.4 Å². The van der Waals surface area contributed by atoms with Crippen LogP contribution in [-0.4, -0.2) is 12.5 Å². The number of carbonyl (C=O) groups is 1. The molecule has 1 aliphatic heterocycles. The van der Waals surface area contributed by atoms with E-state index in [1.54, 1.807) is 6.07 Å². The maximum Gasteiger partial charge on any atom is 0.251 e. The number of para-hydroxylation sites is 2. The predicted molar refractivity (Wildman–Crippen MR) is 79.0 cm³/mol. The van der Waals surface area contributed by atoms with E-state index in [2.05, 4.69) is 10.6 Å². The van der Waals surface area contributed by atoms with E-state index in [1.807, 2.05) is 31.2 Å². The fourth-order valence-electron chi connectivity index (χ4n) is 2.40. The molecule has 2 aromatic rings. The van der Waals surface area contributed by atoms with Crippen LogP contribution in [0.4, 0.5) is 15.8 Å². The molecule has 5 heteroatoms. The fourth-order valence-corrected chi connectivity index (χ4v) is 2.40. The van der Waals surface area contributed by atoms with Gasteiger partial charge in [0.25, 0.3) is 5.91 Å². The van der Waals surface area contributed by atoms with Crippen LogP contribution in [0.2, 0.25) is 0 Å². The maximum atomic E-state index is 13.2. The number of nitrogens with one attached hydrogen (secondary N) is 2. The minimum atomic E-state index is -0.554. The SMILES string of the molecule is CCOc1ccccc1NC1C(=O)Nc2cc(F)ccc21. The average Bonchev–Trinajstić information content (AvgIpc) is 2.76. The molecule has 1 unspecified atom stereocenters. The molecule has 3 rings (SSSR count). The summed E-state index contributed by atoms with van der Waals surface area (Å²) in [5.74, 6) is 0.106. The monoisotopic (exact) mass is 286 g/mol. The highest BCUT2D eigenvalue weighted by Gasteiger charge is 2.31. The number of ether oxygens (including phenoxy) is 1. The Morgan fingerprint density at radius 1 is 1.29 bits per heavy atom. The molecule has 21 heavy (non-hydrogen) atoms. The van der Waals surface area contributed by atoms with Crippen molar-refractivity contribution in [2.24, 2.45) is 0 Å². The van der Waals surface area contributed by atoms with Gasteiger partial charge in [-0.15, -0.1) is 0 Å². The first-order chi connectivity index (χ1) is 10.2. The lowest BCUT2D eigenvalue weighted by atomic mass is 10.1. The highest BCUT2D eigenvalue weighted by Crippen LogP contribution is 2.36. The molecule has 0 bridgehead atoms. The lowest BCUT2D eigenvalue weighted by Gasteiger charge is -2.16. The normalized spacial score (nSPS) is 16.3. The molecule has 1 atom stereocenters. The first-order valence-corrected chi connectivity index (χ1v) is 6.77. The smallest absolute Gasteiger partial charge is 0.251 e. The van der Waals surface area contributed by atoms with Gasteiger partial charge in [-0.05, 0) is 31.2 Å². The zero-order valence-electron chi connectivity index (χ0n) is 11.5. The molecule has 2 aromatic carbocycles. The van der Waals surface area contributed by atoms with Crippen LogP contribution in [0.1, 0.15) is 18.5 Å². The Bertz CT molecular complexity index is 688. The third-order valence-electron chi connectivity index (χ3n) is 3.33.